The summed E-state index contributed by atoms with van der Waals surface area (Å²) in [6.07, 6.45) is 0.354. The summed E-state index contributed by atoms with van der Waals surface area (Å²) in [5.41, 5.74) is 2.48. The fourth-order valence-electron chi connectivity index (χ4n) is 3.17. The molecule has 5 nitrogen and oxygen atoms in total. The molecule has 1 atom stereocenters. The zero-order chi connectivity index (χ0) is 18.5. The van der Waals surface area contributed by atoms with E-state index in [2.05, 4.69) is 4.90 Å². The molecular formula is C20H24ClNO4. The van der Waals surface area contributed by atoms with Gasteiger partial charge in [-0.1, -0.05) is 11.6 Å². The Bertz CT molecular complexity index is 735. The fourth-order valence-corrected chi connectivity index (χ4v) is 3.30. The van der Waals surface area contributed by atoms with Crippen molar-refractivity contribution in [3.05, 3.63) is 52.5 Å². The van der Waals surface area contributed by atoms with Gasteiger partial charge in [0, 0.05) is 24.7 Å². The smallest absolute Gasteiger partial charge is 0.161 e. The van der Waals surface area contributed by atoms with Crippen molar-refractivity contribution in [2.24, 2.45) is 0 Å². The van der Waals surface area contributed by atoms with Crippen LogP contribution in [0.4, 0.5) is 0 Å². The quantitative estimate of drug-likeness (QED) is 0.803. The second-order valence-corrected chi connectivity index (χ2v) is 6.82. The molecule has 1 aliphatic heterocycles. The predicted octanol–water partition coefficient (Wildman–Crippen LogP) is 3.16. The molecule has 3 rings (SSSR count). The third kappa shape index (κ3) is 4.61. The molecule has 0 saturated carbocycles. The average molecular weight is 378 g/mol. The Kier molecular flexibility index (Phi) is 6.25. The molecule has 140 valence electrons. The van der Waals surface area contributed by atoms with E-state index in [0.29, 0.717) is 17.3 Å². The molecule has 26 heavy (non-hydrogen) atoms. The molecule has 2 aromatic rings. The standard InChI is InChI=1S/C20H24ClNO4/c1-24-19-9-14-7-8-22(11-15(14)10-20(19)25-2)12-17(23)13-26-18-5-3-16(21)4-6-18/h3-6,9-10,17,23H,7-8,11-13H2,1-2H3/t17-/m1/s1. The lowest BCUT2D eigenvalue weighted by Gasteiger charge is -2.31. The van der Waals surface area contributed by atoms with E-state index in [1.165, 1.54) is 11.1 Å². The van der Waals surface area contributed by atoms with Crippen molar-refractivity contribution in [2.45, 2.75) is 19.1 Å². The summed E-state index contributed by atoms with van der Waals surface area (Å²) in [6.45, 7) is 2.46. The Morgan fingerprint density at radius 1 is 1.08 bits per heavy atom. The summed E-state index contributed by atoms with van der Waals surface area (Å²) >= 11 is 5.86. The van der Waals surface area contributed by atoms with Crippen LogP contribution in [0.3, 0.4) is 0 Å². The largest absolute Gasteiger partial charge is 0.493 e. The maximum Gasteiger partial charge on any atom is 0.161 e. The van der Waals surface area contributed by atoms with Crippen molar-refractivity contribution in [1.82, 2.24) is 4.90 Å². The number of fused-ring (bicyclic) bond motifs is 1. The van der Waals surface area contributed by atoms with E-state index in [0.717, 1.165) is 31.0 Å². The Labute approximate surface area is 159 Å². The van der Waals surface area contributed by atoms with Gasteiger partial charge in [-0.3, -0.25) is 4.90 Å². The van der Waals surface area contributed by atoms with Crippen LogP contribution in [0.2, 0.25) is 5.02 Å². The lowest BCUT2D eigenvalue weighted by molar-refractivity contribution is 0.0637. The number of hydrogen-bond acceptors (Lipinski definition) is 5. The average Bonchev–Trinajstić information content (AvgIpc) is 2.66. The van der Waals surface area contributed by atoms with Gasteiger partial charge >= 0.3 is 0 Å². The number of β-amino-alcohol motifs (C(OH)–C–C–N with tert-alkyl or cyclic N) is 1. The summed E-state index contributed by atoms with van der Waals surface area (Å²) in [4.78, 5) is 2.23. The first-order valence-corrected chi connectivity index (χ1v) is 8.99. The normalized spacial score (nSPS) is 15.2. The zero-order valence-electron chi connectivity index (χ0n) is 15.1. The number of nitrogens with zero attached hydrogens (tertiary/aromatic N) is 1. The van der Waals surface area contributed by atoms with E-state index >= 15 is 0 Å². The minimum absolute atomic E-state index is 0.247. The number of hydrogen-bond donors (Lipinski definition) is 1. The molecule has 0 aromatic heterocycles. The van der Waals surface area contributed by atoms with E-state index in [4.69, 9.17) is 25.8 Å². The van der Waals surface area contributed by atoms with Crippen LogP contribution in [0.1, 0.15) is 11.1 Å². The first-order valence-electron chi connectivity index (χ1n) is 8.61. The van der Waals surface area contributed by atoms with Gasteiger partial charge in [-0.05, 0) is 53.9 Å². The minimum atomic E-state index is -0.563. The fraction of sp³-hybridized carbons (Fsp3) is 0.400. The second kappa shape index (κ2) is 8.62. The number of benzene rings is 2. The van der Waals surface area contributed by atoms with Crippen molar-refractivity contribution < 1.29 is 19.3 Å². The highest BCUT2D eigenvalue weighted by molar-refractivity contribution is 6.30. The molecule has 2 aromatic carbocycles. The molecule has 0 spiro atoms. The number of ether oxygens (including phenoxy) is 3. The number of rotatable bonds is 7. The third-order valence-corrected chi connectivity index (χ3v) is 4.77. The molecular weight excluding hydrogens is 354 g/mol. The molecule has 0 aliphatic carbocycles. The van der Waals surface area contributed by atoms with E-state index in [1.54, 1.807) is 38.5 Å². The summed E-state index contributed by atoms with van der Waals surface area (Å²) in [7, 11) is 3.29. The molecule has 1 heterocycles. The van der Waals surface area contributed by atoms with Crippen LogP contribution in [-0.4, -0.2) is 50.0 Å². The van der Waals surface area contributed by atoms with E-state index in [9.17, 15) is 5.11 Å². The van der Waals surface area contributed by atoms with Crippen LogP contribution in [0.5, 0.6) is 17.2 Å². The maximum absolute atomic E-state index is 10.3. The van der Waals surface area contributed by atoms with Crippen LogP contribution < -0.4 is 14.2 Å². The van der Waals surface area contributed by atoms with Gasteiger partial charge in [-0.15, -0.1) is 0 Å². The maximum atomic E-state index is 10.3. The van der Waals surface area contributed by atoms with Gasteiger partial charge in [0.2, 0.25) is 0 Å². The molecule has 0 amide bonds. The third-order valence-electron chi connectivity index (χ3n) is 4.52. The van der Waals surface area contributed by atoms with Gasteiger partial charge in [0.05, 0.1) is 14.2 Å². The first-order chi connectivity index (χ1) is 12.6. The number of aliphatic hydroxyl groups excluding tert-OH is 1. The van der Waals surface area contributed by atoms with Crippen molar-refractivity contribution in [3.63, 3.8) is 0 Å². The highest BCUT2D eigenvalue weighted by Crippen LogP contribution is 2.33. The molecule has 0 fully saturated rings. The highest BCUT2D eigenvalue weighted by Gasteiger charge is 2.21. The molecule has 0 radical (unpaired) electrons. The van der Waals surface area contributed by atoms with Gasteiger partial charge in [-0.2, -0.15) is 0 Å². The van der Waals surface area contributed by atoms with Crippen molar-refractivity contribution in [2.75, 3.05) is 33.9 Å². The number of halogens is 1. The molecule has 0 bridgehead atoms. The van der Waals surface area contributed by atoms with Crippen molar-refractivity contribution in [3.8, 4) is 17.2 Å². The van der Waals surface area contributed by atoms with Crippen molar-refractivity contribution >= 4 is 11.6 Å². The monoisotopic (exact) mass is 377 g/mol. The molecule has 1 aliphatic rings. The van der Waals surface area contributed by atoms with Gasteiger partial charge in [0.25, 0.3) is 0 Å². The summed E-state index contributed by atoms with van der Waals surface area (Å²) in [6, 6.07) is 11.2. The zero-order valence-corrected chi connectivity index (χ0v) is 15.8. The minimum Gasteiger partial charge on any atom is -0.493 e. The van der Waals surface area contributed by atoms with Crippen molar-refractivity contribution in [1.29, 1.82) is 0 Å². The number of methoxy groups -OCH3 is 2. The molecule has 6 heteroatoms. The Morgan fingerprint density at radius 3 is 2.38 bits per heavy atom. The molecule has 1 N–H and O–H groups in total. The highest BCUT2D eigenvalue weighted by atomic mass is 35.5. The summed E-state index contributed by atoms with van der Waals surface area (Å²) < 4.78 is 16.4. The van der Waals surface area contributed by atoms with Gasteiger partial charge < -0.3 is 19.3 Å². The van der Waals surface area contributed by atoms with Gasteiger partial charge in [-0.25, -0.2) is 0 Å². The topological polar surface area (TPSA) is 51.2 Å². The Morgan fingerprint density at radius 2 is 1.73 bits per heavy atom. The van der Waals surface area contributed by atoms with E-state index in [-0.39, 0.29) is 6.61 Å². The van der Waals surface area contributed by atoms with Crippen LogP contribution in [0.25, 0.3) is 0 Å². The van der Waals surface area contributed by atoms with E-state index < -0.39 is 6.10 Å². The molecule has 0 saturated heterocycles. The van der Waals surface area contributed by atoms with Gasteiger partial charge in [0.15, 0.2) is 11.5 Å². The SMILES string of the molecule is COc1cc2c(cc1OC)CN(C[C@@H](O)COc1ccc(Cl)cc1)CC2. The van der Waals surface area contributed by atoms with Crippen LogP contribution >= 0.6 is 11.6 Å². The lowest BCUT2D eigenvalue weighted by atomic mass is 9.98. The van der Waals surface area contributed by atoms with E-state index in [1.807, 2.05) is 12.1 Å². The second-order valence-electron chi connectivity index (χ2n) is 6.38. The van der Waals surface area contributed by atoms with Crippen LogP contribution in [0, 0.1) is 0 Å². The van der Waals surface area contributed by atoms with Gasteiger partial charge in [0.1, 0.15) is 18.5 Å². The summed E-state index contributed by atoms with van der Waals surface area (Å²) in [5, 5.41) is 11.0. The van der Waals surface area contributed by atoms with Crippen LogP contribution in [0.15, 0.2) is 36.4 Å². The molecule has 0 unspecified atom stereocenters. The predicted molar refractivity (Wildman–Crippen MR) is 101 cm³/mol. The Balaban J connectivity index is 1.55. The lowest BCUT2D eigenvalue weighted by Crippen LogP contribution is -2.38. The first kappa shape index (κ1) is 18.8. The number of aliphatic hydroxyl groups is 1. The Hall–Kier alpha value is -1.95. The van der Waals surface area contributed by atoms with Crippen LogP contribution in [-0.2, 0) is 13.0 Å². The summed E-state index contributed by atoms with van der Waals surface area (Å²) in [5.74, 6) is 2.20.